The number of methoxy groups -OCH3 is 1. The first-order chi connectivity index (χ1) is 17.7. The van der Waals surface area contributed by atoms with E-state index in [2.05, 4.69) is 38.8 Å². The van der Waals surface area contributed by atoms with Crippen LogP contribution in [0, 0.1) is 5.82 Å². The fraction of sp³-hybridized carbons (Fsp3) is 0.462. The number of carbonyl (C=O) groups excluding carboxylic acids is 1. The fourth-order valence-corrected chi connectivity index (χ4v) is 5.17. The summed E-state index contributed by atoms with van der Waals surface area (Å²) in [5, 5.41) is 4.81. The Balaban J connectivity index is 1.54. The van der Waals surface area contributed by atoms with Crippen LogP contribution in [0.15, 0.2) is 24.8 Å². The van der Waals surface area contributed by atoms with E-state index in [1.54, 1.807) is 36.8 Å². The monoisotopic (exact) mass is 508 g/mol. The minimum absolute atomic E-state index is 0.00283. The molecule has 0 spiro atoms. The van der Waals surface area contributed by atoms with Gasteiger partial charge in [0.1, 0.15) is 6.33 Å². The number of halogens is 1. The van der Waals surface area contributed by atoms with Crippen LogP contribution in [0.3, 0.4) is 0 Å². The molecule has 4 aromatic rings. The fourth-order valence-electron chi connectivity index (χ4n) is 5.17. The van der Waals surface area contributed by atoms with E-state index in [1.807, 2.05) is 24.1 Å². The quantitative estimate of drug-likeness (QED) is 0.428. The van der Waals surface area contributed by atoms with E-state index < -0.39 is 0 Å². The molecule has 0 aromatic carbocycles. The summed E-state index contributed by atoms with van der Waals surface area (Å²) in [6.45, 7) is 8.43. The van der Waals surface area contributed by atoms with Crippen LogP contribution in [0.2, 0.25) is 0 Å². The molecule has 5 rings (SSSR count). The molecule has 37 heavy (non-hydrogen) atoms. The number of H-pyrrole nitrogens is 1. The van der Waals surface area contributed by atoms with E-state index in [4.69, 9.17) is 4.74 Å². The molecule has 0 unspecified atom stereocenters. The zero-order chi connectivity index (χ0) is 26.4. The summed E-state index contributed by atoms with van der Waals surface area (Å²) >= 11 is 0. The molecule has 11 heteroatoms. The number of amides is 1. The van der Waals surface area contributed by atoms with Crippen LogP contribution in [-0.2, 0) is 4.79 Å². The van der Waals surface area contributed by atoms with Crippen molar-refractivity contribution >= 4 is 28.3 Å². The second-order valence-corrected chi connectivity index (χ2v) is 10.1. The van der Waals surface area contributed by atoms with Crippen LogP contribution in [0.25, 0.3) is 27.8 Å². The van der Waals surface area contributed by atoms with E-state index in [0.29, 0.717) is 54.3 Å². The molecule has 196 valence electrons. The number of likely N-dealkylation sites (N-methyl/N-ethyl adjacent to an activating group) is 1. The summed E-state index contributed by atoms with van der Waals surface area (Å²) in [6.07, 6.45) is 5.05. The molecule has 1 atom stereocenters. The Kier molecular flexibility index (Phi) is 6.49. The normalized spacial score (nSPS) is 16.8. The summed E-state index contributed by atoms with van der Waals surface area (Å²) in [5.74, 6) is 0.699. The largest absolute Gasteiger partial charge is 0.493 e. The average Bonchev–Trinajstić information content (AvgIpc) is 3.49. The maximum absolute atomic E-state index is 16.3. The lowest BCUT2D eigenvalue weighted by Crippen LogP contribution is -2.54. The number of ether oxygens (including phenoxy) is 1. The number of carbonyl (C=O) groups is 1. The first kappa shape index (κ1) is 24.9. The molecule has 1 fully saturated rings. The molecule has 10 nitrogen and oxygen atoms in total. The van der Waals surface area contributed by atoms with Crippen LogP contribution >= 0.6 is 0 Å². The highest BCUT2D eigenvalue weighted by atomic mass is 19.1. The zero-order valence-electron chi connectivity index (χ0n) is 22.1. The highest BCUT2D eigenvalue weighted by Crippen LogP contribution is 2.40. The second kappa shape index (κ2) is 9.62. The standard InChI is InChI=1S/C26H33FN8O2/c1-15(2)21-22-18(31-24(21)17-9-19(37-6)25-29-14-30-35(25)12-17)10-28-26(23(22)27)34-8-7-33(11-16(34)3)13-20(36)32(4)5/h9-10,12,14-16,31H,7-8,11,13H2,1-6H3/t16-/m1/s1. The Hall–Kier alpha value is -3.73. The molecule has 0 radical (unpaired) electrons. The number of pyridine rings is 2. The Morgan fingerprint density at radius 2 is 2.08 bits per heavy atom. The van der Waals surface area contributed by atoms with Gasteiger partial charge in [-0.2, -0.15) is 5.10 Å². The van der Waals surface area contributed by atoms with Gasteiger partial charge in [-0.15, -0.1) is 0 Å². The topological polar surface area (TPSA) is 94.9 Å². The molecule has 4 aromatic heterocycles. The molecule has 5 heterocycles. The van der Waals surface area contributed by atoms with Gasteiger partial charge in [-0.05, 0) is 24.5 Å². The number of aromatic amines is 1. The van der Waals surface area contributed by atoms with Gasteiger partial charge in [0.15, 0.2) is 23.0 Å². The Morgan fingerprint density at radius 3 is 2.76 bits per heavy atom. The Morgan fingerprint density at radius 1 is 1.30 bits per heavy atom. The summed E-state index contributed by atoms with van der Waals surface area (Å²) in [6, 6.07) is 1.89. The Labute approximate surface area is 215 Å². The molecule has 1 N–H and O–H groups in total. The van der Waals surface area contributed by atoms with Crippen LogP contribution < -0.4 is 9.64 Å². The molecule has 1 aliphatic rings. The number of nitrogens with zero attached hydrogens (tertiary/aromatic N) is 7. The maximum atomic E-state index is 16.3. The third-order valence-electron chi connectivity index (χ3n) is 7.07. The number of rotatable bonds is 6. The van der Waals surface area contributed by atoms with Crippen LogP contribution in [-0.4, -0.2) is 93.7 Å². The van der Waals surface area contributed by atoms with Gasteiger partial charge < -0.3 is 19.5 Å². The van der Waals surface area contributed by atoms with E-state index in [9.17, 15) is 4.79 Å². The van der Waals surface area contributed by atoms with Gasteiger partial charge in [-0.1, -0.05) is 13.8 Å². The van der Waals surface area contributed by atoms with E-state index in [-0.39, 0.29) is 23.7 Å². The van der Waals surface area contributed by atoms with Crippen LogP contribution in [0.5, 0.6) is 5.75 Å². The maximum Gasteiger partial charge on any atom is 0.236 e. The first-order valence-corrected chi connectivity index (χ1v) is 12.5. The summed E-state index contributed by atoms with van der Waals surface area (Å²) in [7, 11) is 5.11. The molecule has 1 saturated heterocycles. The predicted molar refractivity (Wildman–Crippen MR) is 141 cm³/mol. The van der Waals surface area contributed by atoms with Crippen molar-refractivity contribution in [2.75, 3.05) is 52.3 Å². The van der Waals surface area contributed by atoms with Gasteiger partial charge in [0, 0.05) is 56.9 Å². The molecular weight excluding hydrogens is 475 g/mol. The highest BCUT2D eigenvalue weighted by molar-refractivity contribution is 5.93. The van der Waals surface area contributed by atoms with E-state index >= 15 is 4.39 Å². The number of fused-ring (bicyclic) bond motifs is 2. The summed E-state index contributed by atoms with van der Waals surface area (Å²) < 4.78 is 23.5. The zero-order valence-corrected chi connectivity index (χ0v) is 22.1. The number of hydrogen-bond donors (Lipinski definition) is 1. The number of piperazine rings is 1. The minimum atomic E-state index is -0.331. The molecular formula is C26H33FN8O2. The molecule has 0 bridgehead atoms. The molecule has 0 saturated carbocycles. The van der Waals surface area contributed by atoms with Crippen molar-refractivity contribution in [1.29, 1.82) is 0 Å². The second-order valence-electron chi connectivity index (χ2n) is 10.1. The number of anilines is 1. The smallest absolute Gasteiger partial charge is 0.236 e. The number of nitrogens with one attached hydrogen (secondary N) is 1. The SMILES string of the molecule is COc1cc(-c2[nH]c3cnc(N4CCN(CC(=O)N(C)C)C[C@H]4C)c(F)c3c2C(C)C)cn2ncnc12. The van der Waals surface area contributed by atoms with Crippen molar-refractivity contribution in [3.05, 3.63) is 36.2 Å². The van der Waals surface area contributed by atoms with Crippen LogP contribution in [0.1, 0.15) is 32.3 Å². The van der Waals surface area contributed by atoms with E-state index in [0.717, 1.165) is 16.8 Å². The molecule has 1 aliphatic heterocycles. The van der Waals surface area contributed by atoms with Crippen LogP contribution in [0.4, 0.5) is 10.2 Å². The number of aromatic nitrogens is 5. The lowest BCUT2D eigenvalue weighted by Gasteiger charge is -2.40. The van der Waals surface area contributed by atoms with Crippen molar-refractivity contribution in [2.45, 2.75) is 32.7 Å². The van der Waals surface area contributed by atoms with Gasteiger partial charge in [0.25, 0.3) is 0 Å². The van der Waals surface area contributed by atoms with Gasteiger partial charge in [-0.3, -0.25) is 9.69 Å². The number of hydrogen-bond acceptors (Lipinski definition) is 7. The van der Waals surface area contributed by atoms with Gasteiger partial charge >= 0.3 is 0 Å². The van der Waals surface area contributed by atoms with Crippen molar-refractivity contribution in [1.82, 2.24) is 34.4 Å². The van der Waals surface area contributed by atoms with Crippen molar-refractivity contribution in [3.8, 4) is 17.0 Å². The average molecular weight is 509 g/mol. The first-order valence-electron chi connectivity index (χ1n) is 12.5. The summed E-state index contributed by atoms with van der Waals surface area (Å²) in [4.78, 5) is 30.1. The van der Waals surface area contributed by atoms with Gasteiger partial charge in [0.05, 0.1) is 31.1 Å². The van der Waals surface area contributed by atoms with Crippen molar-refractivity contribution in [2.24, 2.45) is 0 Å². The highest BCUT2D eigenvalue weighted by Gasteiger charge is 2.30. The van der Waals surface area contributed by atoms with Gasteiger partial charge in [0.2, 0.25) is 5.91 Å². The third kappa shape index (κ3) is 4.37. The van der Waals surface area contributed by atoms with Crippen molar-refractivity contribution < 1.29 is 13.9 Å². The van der Waals surface area contributed by atoms with Gasteiger partial charge in [-0.25, -0.2) is 18.9 Å². The predicted octanol–water partition coefficient (Wildman–Crippen LogP) is 3.14. The lowest BCUT2D eigenvalue weighted by atomic mass is 9.96. The van der Waals surface area contributed by atoms with Crippen molar-refractivity contribution in [3.63, 3.8) is 0 Å². The minimum Gasteiger partial charge on any atom is -0.493 e. The Bertz CT molecular complexity index is 1460. The molecule has 0 aliphatic carbocycles. The summed E-state index contributed by atoms with van der Waals surface area (Å²) in [5.41, 5.74) is 3.76. The molecule has 1 amide bonds. The lowest BCUT2D eigenvalue weighted by molar-refractivity contribution is -0.130. The third-order valence-corrected chi connectivity index (χ3v) is 7.07. The van der Waals surface area contributed by atoms with E-state index in [1.165, 1.54) is 6.33 Å².